The van der Waals surface area contributed by atoms with Gasteiger partial charge in [-0.15, -0.1) is 0 Å². The minimum Gasteiger partial charge on any atom is -0.397 e. The molecule has 0 aliphatic carbocycles. The van der Waals surface area contributed by atoms with Crippen LogP contribution in [0.2, 0.25) is 5.02 Å². The van der Waals surface area contributed by atoms with Crippen LogP contribution in [0.1, 0.15) is 5.56 Å². The smallest absolute Gasteiger partial charge is 0.101 e. The maximum Gasteiger partial charge on any atom is 0.101 e. The number of nitrogens with one attached hydrogen (secondary N) is 1. The van der Waals surface area contributed by atoms with Gasteiger partial charge >= 0.3 is 0 Å². The second-order valence-corrected chi connectivity index (χ2v) is 4.99. The SMILES string of the molecule is N#Cc1ccc(Cl)cc1Nc1ccc2cnccc2c1N. The van der Waals surface area contributed by atoms with Gasteiger partial charge < -0.3 is 11.1 Å². The van der Waals surface area contributed by atoms with Crippen molar-refractivity contribution in [1.82, 2.24) is 4.98 Å². The highest BCUT2D eigenvalue weighted by Crippen LogP contribution is 2.32. The molecule has 3 N–H and O–H groups in total. The van der Waals surface area contributed by atoms with E-state index >= 15 is 0 Å². The van der Waals surface area contributed by atoms with Gasteiger partial charge in [-0.1, -0.05) is 17.7 Å². The number of pyridine rings is 1. The number of anilines is 3. The highest BCUT2D eigenvalue weighted by Gasteiger charge is 2.08. The van der Waals surface area contributed by atoms with E-state index in [9.17, 15) is 0 Å². The largest absolute Gasteiger partial charge is 0.397 e. The van der Waals surface area contributed by atoms with Crippen molar-refractivity contribution in [1.29, 1.82) is 5.26 Å². The molecule has 1 heterocycles. The lowest BCUT2D eigenvalue weighted by Crippen LogP contribution is -1.99. The second kappa shape index (κ2) is 5.31. The Morgan fingerprint density at radius 2 is 2.00 bits per heavy atom. The number of halogens is 1. The molecule has 0 fully saturated rings. The molecule has 0 unspecified atom stereocenters. The molecule has 2 aromatic carbocycles. The molecule has 0 spiro atoms. The maximum atomic E-state index is 9.16. The number of nitrogens with zero attached hydrogens (tertiary/aromatic N) is 2. The number of hydrogen-bond donors (Lipinski definition) is 2. The summed E-state index contributed by atoms with van der Waals surface area (Å²) in [4.78, 5) is 4.07. The summed E-state index contributed by atoms with van der Waals surface area (Å²) in [7, 11) is 0. The first kappa shape index (κ1) is 13.2. The zero-order valence-electron chi connectivity index (χ0n) is 11.0. The van der Waals surface area contributed by atoms with Gasteiger partial charge in [0.15, 0.2) is 0 Å². The molecular weight excluding hydrogens is 284 g/mol. The fourth-order valence-corrected chi connectivity index (χ4v) is 2.34. The van der Waals surface area contributed by atoms with Gasteiger partial charge in [0.2, 0.25) is 0 Å². The van der Waals surface area contributed by atoms with Gasteiger partial charge in [-0.05, 0) is 30.3 Å². The number of nitrogens with two attached hydrogens (primary N) is 1. The minimum absolute atomic E-state index is 0.508. The Morgan fingerprint density at radius 3 is 2.81 bits per heavy atom. The first-order valence-corrected chi connectivity index (χ1v) is 6.66. The van der Waals surface area contributed by atoms with Crippen LogP contribution in [0.25, 0.3) is 10.8 Å². The number of nitrogen functional groups attached to an aromatic ring is 1. The summed E-state index contributed by atoms with van der Waals surface area (Å²) < 4.78 is 0. The van der Waals surface area contributed by atoms with Gasteiger partial charge in [0.05, 0.1) is 22.6 Å². The normalized spacial score (nSPS) is 10.3. The topological polar surface area (TPSA) is 74.7 Å². The molecule has 0 bridgehead atoms. The summed E-state index contributed by atoms with van der Waals surface area (Å²) in [6.07, 6.45) is 3.46. The van der Waals surface area contributed by atoms with E-state index in [4.69, 9.17) is 22.6 Å². The highest BCUT2D eigenvalue weighted by atomic mass is 35.5. The van der Waals surface area contributed by atoms with E-state index in [1.165, 1.54) is 0 Å². The van der Waals surface area contributed by atoms with E-state index in [1.807, 2.05) is 18.2 Å². The Labute approximate surface area is 126 Å². The predicted molar refractivity (Wildman–Crippen MR) is 85.6 cm³/mol. The Hall–Kier alpha value is -2.77. The summed E-state index contributed by atoms with van der Waals surface area (Å²) in [5, 5.41) is 14.8. The molecule has 0 aliphatic rings. The lowest BCUT2D eigenvalue weighted by atomic mass is 10.1. The van der Waals surface area contributed by atoms with Gasteiger partial charge in [0.25, 0.3) is 0 Å². The van der Waals surface area contributed by atoms with Gasteiger partial charge in [-0.2, -0.15) is 5.26 Å². The predicted octanol–water partition coefficient (Wildman–Crippen LogP) is 4.09. The van der Waals surface area contributed by atoms with Gasteiger partial charge in [-0.3, -0.25) is 4.98 Å². The fraction of sp³-hybridized carbons (Fsp3) is 0. The average molecular weight is 295 g/mol. The monoisotopic (exact) mass is 294 g/mol. The Balaban J connectivity index is 2.09. The van der Waals surface area contributed by atoms with Gasteiger partial charge in [-0.25, -0.2) is 0 Å². The third-order valence-corrected chi connectivity index (χ3v) is 3.47. The van der Waals surface area contributed by atoms with Gasteiger partial charge in [0.1, 0.15) is 6.07 Å². The number of hydrogen-bond acceptors (Lipinski definition) is 4. The quantitative estimate of drug-likeness (QED) is 0.698. The Bertz CT molecular complexity index is 868. The molecular formula is C16H11ClN4. The lowest BCUT2D eigenvalue weighted by Gasteiger charge is -2.13. The van der Waals surface area contributed by atoms with Crippen LogP contribution in [-0.4, -0.2) is 4.98 Å². The first-order valence-electron chi connectivity index (χ1n) is 6.28. The van der Waals surface area contributed by atoms with Crippen LogP contribution >= 0.6 is 11.6 Å². The van der Waals surface area contributed by atoms with E-state index < -0.39 is 0 Å². The number of rotatable bonds is 2. The highest BCUT2D eigenvalue weighted by molar-refractivity contribution is 6.31. The van der Waals surface area contributed by atoms with Crippen LogP contribution in [0.4, 0.5) is 17.1 Å². The van der Waals surface area contributed by atoms with Crippen molar-refractivity contribution in [2.24, 2.45) is 0 Å². The van der Waals surface area contributed by atoms with Crippen molar-refractivity contribution in [3.05, 3.63) is 59.4 Å². The van der Waals surface area contributed by atoms with Crippen molar-refractivity contribution < 1.29 is 0 Å². The third-order valence-electron chi connectivity index (χ3n) is 3.23. The van der Waals surface area contributed by atoms with E-state index in [2.05, 4.69) is 16.4 Å². The van der Waals surface area contributed by atoms with Crippen LogP contribution in [0.3, 0.4) is 0 Å². The molecule has 5 heteroatoms. The number of fused-ring (bicyclic) bond motifs is 1. The van der Waals surface area contributed by atoms with Crippen molar-refractivity contribution >= 4 is 39.4 Å². The zero-order valence-corrected chi connectivity index (χ0v) is 11.7. The van der Waals surface area contributed by atoms with Crippen molar-refractivity contribution in [3.8, 4) is 6.07 Å². The van der Waals surface area contributed by atoms with Crippen LogP contribution in [-0.2, 0) is 0 Å². The standard InChI is InChI=1S/C16H11ClN4/c17-12-3-1-10(8-18)15(7-12)21-14-4-2-11-9-20-6-5-13(11)16(14)19/h1-7,9,21H,19H2. The molecule has 21 heavy (non-hydrogen) atoms. The molecule has 102 valence electrons. The van der Waals surface area contributed by atoms with Crippen LogP contribution < -0.4 is 11.1 Å². The van der Waals surface area contributed by atoms with Crippen LogP contribution in [0.15, 0.2) is 48.8 Å². The van der Waals surface area contributed by atoms with Crippen molar-refractivity contribution in [2.45, 2.75) is 0 Å². The molecule has 0 aliphatic heterocycles. The summed E-state index contributed by atoms with van der Waals surface area (Å²) in [6.45, 7) is 0. The molecule has 0 saturated carbocycles. The zero-order chi connectivity index (χ0) is 14.8. The average Bonchev–Trinajstić information content (AvgIpc) is 2.51. The number of aromatic nitrogens is 1. The maximum absolute atomic E-state index is 9.16. The molecule has 4 nitrogen and oxygen atoms in total. The number of benzene rings is 2. The number of nitriles is 1. The molecule has 0 radical (unpaired) electrons. The summed E-state index contributed by atoms with van der Waals surface area (Å²) in [6, 6.07) is 12.8. The first-order chi connectivity index (χ1) is 10.2. The van der Waals surface area contributed by atoms with Gasteiger partial charge in [0, 0.05) is 28.2 Å². The third kappa shape index (κ3) is 2.47. The molecule has 3 aromatic rings. The van der Waals surface area contributed by atoms with Crippen molar-refractivity contribution in [2.75, 3.05) is 11.1 Å². The van der Waals surface area contributed by atoms with E-state index in [0.717, 1.165) is 16.5 Å². The molecule has 0 saturated heterocycles. The molecule has 1 aromatic heterocycles. The summed E-state index contributed by atoms with van der Waals surface area (Å²) >= 11 is 5.99. The fourth-order valence-electron chi connectivity index (χ4n) is 2.16. The lowest BCUT2D eigenvalue weighted by molar-refractivity contribution is 1.36. The second-order valence-electron chi connectivity index (χ2n) is 4.55. The van der Waals surface area contributed by atoms with Crippen LogP contribution in [0, 0.1) is 11.3 Å². The Kier molecular flexibility index (Phi) is 3.35. The van der Waals surface area contributed by atoms with E-state index in [-0.39, 0.29) is 0 Å². The molecule has 0 amide bonds. The van der Waals surface area contributed by atoms with Crippen LogP contribution in [0.5, 0.6) is 0 Å². The molecule has 0 atom stereocenters. The Morgan fingerprint density at radius 1 is 1.14 bits per heavy atom. The van der Waals surface area contributed by atoms with Crippen molar-refractivity contribution in [3.63, 3.8) is 0 Å². The van der Waals surface area contributed by atoms with E-state index in [1.54, 1.807) is 30.6 Å². The summed E-state index contributed by atoms with van der Waals surface area (Å²) in [5.74, 6) is 0. The summed E-state index contributed by atoms with van der Waals surface area (Å²) in [5.41, 5.74) is 8.67. The minimum atomic E-state index is 0.508. The van der Waals surface area contributed by atoms with E-state index in [0.29, 0.717) is 22.0 Å². The molecule has 3 rings (SSSR count).